The average molecular weight is 305 g/mol. The summed E-state index contributed by atoms with van der Waals surface area (Å²) in [6.45, 7) is 0. The van der Waals surface area contributed by atoms with Crippen LogP contribution in [0.3, 0.4) is 0 Å². The lowest BCUT2D eigenvalue weighted by Crippen LogP contribution is -2.35. The molecular weight excluding hydrogens is 289 g/mol. The Hall–Kier alpha value is -2.05. The lowest BCUT2D eigenvalue weighted by atomic mass is 10.0. The number of carbonyl (C=O) groups excluding carboxylic acids is 1. The number of nitrogens with one attached hydrogen (secondary N) is 1. The van der Waals surface area contributed by atoms with Crippen LogP contribution in [0.1, 0.15) is 11.5 Å². The number of hydrazine groups is 1. The van der Waals surface area contributed by atoms with Crippen molar-refractivity contribution in [2.75, 3.05) is 11.5 Å². The summed E-state index contributed by atoms with van der Waals surface area (Å²) in [6, 6.07) is 13.9. The number of anilines is 1. The van der Waals surface area contributed by atoms with Crippen molar-refractivity contribution in [1.82, 2.24) is 5.43 Å². The van der Waals surface area contributed by atoms with Crippen LogP contribution in [0.2, 0.25) is 0 Å². The maximum atomic E-state index is 13.4. The lowest BCUT2D eigenvalue weighted by molar-refractivity contribution is -0.122. The fourth-order valence-corrected chi connectivity index (χ4v) is 2.94. The zero-order valence-electron chi connectivity index (χ0n) is 11.3. The van der Waals surface area contributed by atoms with E-state index in [9.17, 15) is 9.18 Å². The molecule has 1 amide bonds. The molecule has 2 aromatic carbocycles. The predicted molar refractivity (Wildman–Crippen MR) is 83.0 cm³/mol. The van der Waals surface area contributed by atoms with Crippen LogP contribution in [-0.4, -0.2) is 11.7 Å². The van der Waals surface area contributed by atoms with Gasteiger partial charge in [-0.15, -0.1) is 11.8 Å². The lowest BCUT2D eigenvalue weighted by Gasteiger charge is -2.15. The van der Waals surface area contributed by atoms with Gasteiger partial charge in [-0.05, 0) is 23.8 Å². The summed E-state index contributed by atoms with van der Waals surface area (Å²) in [4.78, 5) is 12.6. The number of halogens is 1. The number of nitrogens with two attached hydrogens (primary N) is 2. The summed E-state index contributed by atoms with van der Waals surface area (Å²) in [5, 5.41) is 0. The molecule has 2 rings (SSSR count). The molecule has 0 spiro atoms. The molecule has 110 valence electrons. The van der Waals surface area contributed by atoms with Crippen molar-refractivity contribution in [3.8, 4) is 0 Å². The maximum Gasteiger partial charge on any atom is 0.242 e. The molecule has 1 unspecified atom stereocenters. The molecule has 0 aromatic heterocycles. The van der Waals surface area contributed by atoms with Crippen molar-refractivity contribution >= 4 is 23.4 Å². The molecule has 5 N–H and O–H groups in total. The molecule has 0 aliphatic carbocycles. The van der Waals surface area contributed by atoms with Crippen molar-refractivity contribution in [1.29, 1.82) is 0 Å². The maximum absolute atomic E-state index is 13.4. The van der Waals surface area contributed by atoms with Crippen molar-refractivity contribution in [2.24, 2.45) is 5.84 Å². The summed E-state index contributed by atoms with van der Waals surface area (Å²) in [5.74, 6) is 4.56. The molecule has 0 fully saturated rings. The first-order valence-electron chi connectivity index (χ1n) is 6.35. The third-order valence-electron chi connectivity index (χ3n) is 3.05. The average Bonchev–Trinajstić information content (AvgIpc) is 2.51. The van der Waals surface area contributed by atoms with Crippen LogP contribution in [0.4, 0.5) is 10.1 Å². The summed E-state index contributed by atoms with van der Waals surface area (Å²) in [6.07, 6.45) is 0. The van der Waals surface area contributed by atoms with E-state index in [1.165, 1.54) is 23.9 Å². The zero-order chi connectivity index (χ0) is 15.2. The van der Waals surface area contributed by atoms with Crippen LogP contribution < -0.4 is 17.0 Å². The molecule has 0 aliphatic rings. The SMILES string of the molecule is NNC(=O)C(CSc1ccc(N)c(F)c1)c1ccccc1. The van der Waals surface area contributed by atoms with Gasteiger partial charge < -0.3 is 5.73 Å². The summed E-state index contributed by atoms with van der Waals surface area (Å²) < 4.78 is 13.4. The number of benzene rings is 2. The van der Waals surface area contributed by atoms with E-state index < -0.39 is 11.7 Å². The van der Waals surface area contributed by atoms with Gasteiger partial charge in [-0.2, -0.15) is 0 Å². The fraction of sp³-hybridized carbons (Fsp3) is 0.133. The highest BCUT2D eigenvalue weighted by Crippen LogP contribution is 2.28. The Morgan fingerprint density at radius 1 is 1.24 bits per heavy atom. The molecule has 0 radical (unpaired) electrons. The van der Waals surface area contributed by atoms with Gasteiger partial charge in [0, 0.05) is 10.6 Å². The molecule has 4 nitrogen and oxygen atoms in total. The Bertz CT molecular complexity index is 622. The minimum absolute atomic E-state index is 0.110. The van der Waals surface area contributed by atoms with E-state index in [1.807, 2.05) is 30.3 Å². The first kappa shape index (κ1) is 15.3. The highest BCUT2D eigenvalue weighted by molar-refractivity contribution is 7.99. The molecule has 0 bridgehead atoms. The van der Waals surface area contributed by atoms with Crippen LogP contribution >= 0.6 is 11.8 Å². The highest BCUT2D eigenvalue weighted by atomic mass is 32.2. The van der Waals surface area contributed by atoms with Gasteiger partial charge in [-0.1, -0.05) is 30.3 Å². The number of amides is 1. The second kappa shape index (κ2) is 7.10. The van der Waals surface area contributed by atoms with Crippen LogP contribution in [-0.2, 0) is 4.79 Å². The van der Waals surface area contributed by atoms with Crippen molar-refractivity contribution < 1.29 is 9.18 Å². The van der Waals surface area contributed by atoms with Crippen LogP contribution in [0.25, 0.3) is 0 Å². The highest BCUT2D eigenvalue weighted by Gasteiger charge is 2.20. The first-order valence-corrected chi connectivity index (χ1v) is 7.33. The first-order chi connectivity index (χ1) is 10.1. The van der Waals surface area contributed by atoms with Gasteiger partial charge in [0.15, 0.2) is 0 Å². The molecular formula is C15H16FN3OS. The van der Waals surface area contributed by atoms with Crippen LogP contribution in [0.5, 0.6) is 0 Å². The number of nitrogen functional groups attached to an aromatic ring is 1. The minimum atomic E-state index is -0.459. The quantitative estimate of drug-likeness (QED) is 0.260. The van der Waals surface area contributed by atoms with Gasteiger partial charge in [-0.3, -0.25) is 10.2 Å². The number of thioether (sulfide) groups is 1. The molecule has 0 heterocycles. The Morgan fingerprint density at radius 3 is 2.57 bits per heavy atom. The van der Waals surface area contributed by atoms with E-state index in [0.29, 0.717) is 10.6 Å². The normalized spacial score (nSPS) is 11.9. The van der Waals surface area contributed by atoms with Crippen molar-refractivity contribution in [3.63, 3.8) is 0 Å². The zero-order valence-corrected chi connectivity index (χ0v) is 12.1. The van der Waals surface area contributed by atoms with Gasteiger partial charge in [0.25, 0.3) is 0 Å². The van der Waals surface area contributed by atoms with Gasteiger partial charge in [-0.25, -0.2) is 10.2 Å². The fourth-order valence-electron chi connectivity index (χ4n) is 1.89. The van der Waals surface area contributed by atoms with E-state index in [0.717, 1.165) is 5.56 Å². The number of hydrogen-bond donors (Lipinski definition) is 3. The monoisotopic (exact) mass is 305 g/mol. The number of rotatable bonds is 5. The third kappa shape index (κ3) is 3.96. The van der Waals surface area contributed by atoms with E-state index in [-0.39, 0.29) is 11.6 Å². The molecule has 1 atom stereocenters. The molecule has 6 heteroatoms. The second-order valence-corrected chi connectivity index (χ2v) is 5.56. The van der Waals surface area contributed by atoms with Gasteiger partial charge >= 0.3 is 0 Å². The molecule has 0 saturated heterocycles. The van der Waals surface area contributed by atoms with E-state index >= 15 is 0 Å². The third-order valence-corrected chi connectivity index (χ3v) is 4.14. The van der Waals surface area contributed by atoms with E-state index in [4.69, 9.17) is 11.6 Å². The Labute approximate surface area is 126 Å². The topological polar surface area (TPSA) is 81.1 Å². The number of carbonyl (C=O) groups is 1. The summed E-state index contributed by atoms with van der Waals surface area (Å²) >= 11 is 1.38. The van der Waals surface area contributed by atoms with E-state index in [1.54, 1.807) is 6.07 Å². The summed E-state index contributed by atoms with van der Waals surface area (Å²) in [5.41, 5.74) is 8.59. The van der Waals surface area contributed by atoms with Crippen molar-refractivity contribution in [3.05, 3.63) is 59.9 Å². The minimum Gasteiger partial charge on any atom is -0.396 e. The summed E-state index contributed by atoms with van der Waals surface area (Å²) in [7, 11) is 0. The van der Waals surface area contributed by atoms with Crippen LogP contribution in [0.15, 0.2) is 53.4 Å². The van der Waals surface area contributed by atoms with E-state index in [2.05, 4.69) is 5.43 Å². The molecule has 0 saturated carbocycles. The molecule has 21 heavy (non-hydrogen) atoms. The Kier molecular flexibility index (Phi) is 5.19. The Morgan fingerprint density at radius 2 is 1.95 bits per heavy atom. The standard InChI is InChI=1S/C15H16FN3OS/c16-13-8-11(6-7-14(13)17)21-9-12(15(20)19-18)10-4-2-1-3-5-10/h1-8,12H,9,17-18H2,(H,19,20). The predicted octanol–water partition coefficient (Wildman–Crippen LogP) is 2.27. The van der Waals surface area contributed by atoms with Crippen LogP contribution in [0, 0.1) is 5.82 Å². The van der Waals surface area contributed by atoms with Crippen molar-refractivity contribution in [2.45, 2.75) is 10.8 Å². The second-order valence-electron chi connectivity index (χ2n) is 4.47. The molecule has 0 aliphatic heterocycles. The largest absolute Gasteiger partial charge is 0.396 e. The van der Waals surface area contributed by atoms with Gasteiger partial charge in [0.2, 0.25) is 5.91 Å². The Balaban J connectivity index is 2.12. The van der Waals surface area contributed by atoms with Gasteiger partial charge in [0.05, 0.1) is 11.6 Å². The smallest absolute Gasteiger partial charge is 0.242 e. The molecule has 2 aromatic rings. The number of hydrogen-bond acceptors (Lipinski definition) is 4. The van der Waals surface area contributed by atoms with Gasteiger partial charge in [0.1, 0.15) is 5.82 Å².